The summed E-state index contributed by atoms with van der Waals surface area (Å²) in [6, 6.07) is 17.8. The van der Waals surface area contributed by atoms with Crippen molar-refractivity contribution in [2.24, 2.45) is 0 Å². The third-order valence-corrected chi connectivity index (χ3v) is 8.23. The SMILES string of the molecule is CCc1ccc(CC)c(CNC(=O)[C@H]2CN(S(=O)(=O)c3ccc(OC)cc3)c3cc(C)ccc3O2)c1. The number of hydrogen-bond donors (Lipinski definition) is 1. The Bertz CT molecular complexity index is 1350. The normalized spacial score (nSPS) is 15.1. The van der Waals surface area contributed by atoms with E-state index in [1.807, 2.05) is 13.0 Å². The topological polar surface area (TPSA) is 84.9 Å². The summed E-state index contributed by atoms with van der Waals surface area (Å²) in [4.78, 5) is 13.3. The van der Waals surface area contributed by atoms with Crippen LogP contribution < -0.4 is 19.1 Å². The Balaban J connectivity index is 1.61. The van der Waals surface area contributed by atoms with Crippen molar-refractivity contribution in [2.45, 2.75) is 51.2 Å². The first kappa shape index (κ1) is 25.6. The fourth-order valence-electron chi connectivity index (χ4n) is 4.31. The van der Waals surface area contributed by atoms with Crippen molar-refractivity contribution in [3.8, 4) is 11.5 Å². The standard InChI is InChI=1S/C28H32N2O5S/c1-5-20-8-9-21(6-2)22(16-20)17-29-28(31)27-18-30(25-15-19(3)7-14-26(25)35-27)36(32,33)24-12-10-23(34-4)11-13-24/h7-16,27H,5-6,17-18H2,1-4H3,(H,29,31)/t27-/m1/s1. The predicted octanol–water partition coefficient (Wildman–Crippen LogP) is 4.40. The highest BCUT2D eigenvalue weighted by Gasteiger charge is 2.37. The molecule has 1 heterocycles. The van der Waals surface area contributed by atoms with Crippen LogP contribution in [0.15, 0.2) is 65.6 Å². The van der Waals surface area contributed by atoms with Crippen LogP contribution in [0.4, 0.5) is 5.69 Å². The highest BCUT2D eigenvalue weighted by Crippen LogP contribution is 2.38. The lowest BCUT2D eigenvalue weighted by Crippen LogP contribution is -2.50. The first-order valence-corrected chi connectivity index (χ1v) is 13.5. The lowest BCUT2D eigenvalue weighted by atomic mass is 10.0. The van der Waals surface area contributed by atoms with E-state index in [-0.39, 0.29) is 17.3 Å². The molecule has 0 spiro atoms. The van der Waals surface area contributed by atoms with E-state index >= 15 is 0 Å². The number of ether oxygens (including phenoxy) is 2. The molecule has 1 aliphatic heterocycles. The summed E-state index contributed by atoms with van der Waals surface area (Å²) >= 11 is 0. The lowest BCUT2D eigenvalue weighted by Gasteiger charge is -2.35. The van der Waals surface area contributed by atoms with Crippen LogP contribution in [-0.2, 0) is 34.2 Å². The molecular weight excluding hydrogens is 476 g/mol. The molecule has 190 valence electrons. The number of benzene rings is 3. The number of aryl methyl sites for hydroxylation is 3. The molecule has 0 aliphatic carbocycles. The van der Waals surface area contributed by atoms with Crippen LogP contribution in [0.5, 0.6) is 11.5 Å². The zero-order valence-corrected chi connectivity index (χ0v) is 21.9. The fraction of sp³-hybridized carbons (Fsp3) is 0.321. The summed E-state index contributed by atoms with van der Waals surface area (Å²) < 4.78 is 39.7. The smallest absolute Gasteiger partial charge is 0.264 e. The third kappa shape index (κ3) is 5.18. The first-order valence-electron chi connectivity index (χ1n) is 12.1. The number of amides is 1. The minimum Gasteiger partial charge on any atom is -0.497 e. The number of nitrogens with zero attached hydrogens (tertiary/aromatic N) is 1. The van der Waals surface area contributed by atoms with Crippen LogP contribution in [0.1, 0.15) is 36.1 Å². The van der Waals surface area contributed by atoms with E-state index in [0.29, 0.717) is 23.7 Å². The number of fused-ring (bicyclic) bond motifs is 1. The van der Waals surface area contributed by atoms with Gasteiger partial charge < -0.3 is 14.8 Å². The van der Waals surface area contributed by atoms with Gasteiger partial charge in [0, 0.05) is 6.54 Å². The van der Waals surface area contributed by atoms with Gasteiger partial charge in [0.05, 0.1) is 24.2 Å². The van der Waals surface area contributed by atoms with E-state index in [1.54, 1.807) is 24.3 Å². The Morgan fingerprint density at radius 2 is 1.78 bits per heavy atom. The molecule has 0 saturated heterocycles. The molecule has 1 aliphatic rings. The number of hydrogen-bond acceptors (Lipinski definition) is 5. The maximum absolute atomic E-state index is 13.7. The van der Waals surface area contributed by atoms with Gasteiger partial charge in [0.15, 0.2) is 6.10 Å². The van der Waals surface area contributed by atoms with E-state index < -0.39 is 16.1 Å². The van der Waals surface area contributed by atoms with Crippen molar-refractivity contribution in [2.75, 3.05) is 18.0 Å². The molecule has 0 bridgehead atoms. The van der Waals surface area contributed by atoms with Crippen molar-refractivity contribution in [1.29, 1.82) is 0 Å². The van der Waals surface area contributed by atoms with Gasteiger partial charge in [-0.1, -0.05) is 38.1 Å². The number of carbonyl (C=O) groups excluding carboxylic acids is 1. The summed E-state index contributed by atoms with van der Waals surface area (Å²) in [6.45, 7) is 6.27. The minimum absolute atomic E-state index is 0.112. The van der Waals surface area contributed by atoms with Gasteiger partial charge in [-0.05, 0) is 78.4 Å². The van der Waals surface area contributed by atoms with Crippen LogP contribution in [-0.4, -0.2) is 34.1 Å². The zero-order valence-electron chi connectivity index (χ0n) is 21.1. The number of sulfonamides is 1. The maximum Gasteiger partial charge on any atom is 0.264 e. The van der Waals surface area contributed by atoms with E-state index in [9.17, 15) is 13.2 Å². The van der Waals surface area contributed by atoms with Crippen molar-refractivity contribution >= 4 is 21.6 Å². The monoisotopic (exact) mass is 508 g/mol. The number of nitrogens with one attached hydrogen (secondary N) is 1. The molecule has 1 N–H and O–H groups in total. The highest BCUT2D eigenvalue weighted by molar-refractivity contribution is 7.92. The molecule has 1 atom stereocenters. The molecule has 4 rings (SSSR count). The molecule has 0 fully saturated rings. The van der Waals surface area contributed by atoms with Gasteiger partial charge in [0.2, 0.25) is 0 Å². The molecule has 8 heteroatoms. The van der Waals surface area contributed by atoms with Crippen molar-refractivity contribution in [3.63, 3.8) is 0 Å². The van der Waals surface area contributed by atoms with Gasteiger partial charge >= 0.3 is 0 Å². The zero-order chi connectivity index (χ0) is 25.9. The van der Waals surface area contributed by atoms with Crippen LogP contribution in [0.25, 0.3) is 0 Å². The largest absolute Gasteiger partial charge is 0.497 e. The van der Waals surface area contributed by atoms with Crippen LogP contribution in [0.3, 0.4) is 0 Å². The Hall–Kier alpha value is -3.52. The average molecular weight is 509 g/mol. The van der Waals surface area contributed by atoms with Crippen LogP contribution in [0.2, 0.25) is 0 Å². The molecule has 0 saturated carbocycles. The Morgan fingerprint density at radius 1 is 1.03 bits per heavy atom. The number of anilines is 1. The van der Waals surface area contributed by atoms with E-state index in [2.05, 4.69) is 37.4 Å². The van der Waals surface area contributed by atoms with Crippen molar-refractivity contribution < 1.29 is 22.7 Å². The van der Waals surface area contributed by atoms with E-state index in [1.165, 1.54) is 34.7 Å². The quantitative estimate of drug-likeness (QED) is 0.488. The second-order valence-corrected chi connectivity index (χ2v) is 10.7. The molecule has 0 radical (unpaired) electrons. The summed E-state index contributed by atoms with van der Waals surface area (Å²) in [5.74, 6) is 0.550. The molecule has 3 aromatic carbocycles. The Morgan fingerprint density at radius 3 is 2.44 bits per heavy atom. The van der Waals surface area contributed by atoms with E-state index in [4.69, 9.17) is 9.47 Å². The number of carbonyl (C=O) groups is 1. The highest BCUT2D eigenvalue weighted by atomic mass is 32.2. The number of rotatable bonds is 8. The van der Waals surface area contributed by atoms with Gasteiger partial charge in [0.25, 0.3) is 15.9 Å². The summed E-state index contributed by atoms with van der Waals surface area (Å²) in [5.41, 5.74) is 4.73. The maximum atomic E-state index is 13.7. The van der Waals surface area contributed by atoms with Crippen molar-refractivity contribution in [3.05, 3.63) is 82.9 Å². The summed E-state index contributed by atoms with van der Waals surface area (Å²) in [6.07, 6.45) is 0.772. The molecule has 7 nitrogen and oxygen atoms in total. The molecule has 3 aromatic rings. The fourth-order valence-corrected chi connectivity index (χ4v) is 5.77. The molecule has 36 heavy (non-hydrogen) atoms. The summed E-state index contributed by atoms with van der Waals surface area (Å²) in [5, 5.41) is 2.96. The Labute approximate surface area is 213 Å². The minimum atomic E-state index is -3.95. The van der Waals surface area contributed by atoms with Gasteiger partial charge in [-0.2, -0.15) is 0 Å². The number of methoxy groups -OCH3 is 1. The average Bonchev–Trinajstić information content (AvgIpc) is 2.90. The Kier molecular flexibility index (Phi) is 7.54. The second kappa shape index (κ2) is 10.6. The van der Waals surface area contributed by atoms with Gasteiger partial charge in [-0.15, -0.1) is 0 Å². The van der Waals surface area contributed by atoms with Gasteiger partial charge in [-0.3, -0.25) is 9.10 Å². The predicted molar refractivity (Wildman–Crippen MR) is 140 cm³/mol. The van der Waals surface area contributed by atoms with Crippen molar-refractivity contribution in [1.82, 2.24) is 5.32 Å². The summed E-state index contributed by atoms with van der Waals surface area (Å²) in [7, 11) is -2.43. The second-order valence-electron chi connectivity index (χ2n) is 8.82. The first-order chi connectivity index (χ1) is 17.3. The van der Waals surface area contributed by atoms with Crippen LogP contribution in [0, 0.1) is 6.92 Å². The van der Waals surface area contributed by atoms with Gasteiger partial charge in [0.1, 0.15) is 11.5 Å². The van der Waals surface area contributed by atoms with Crippen LogP contribution >= 0.6 is 0 Å². The lowest BCUT2D eigenvalue weighted by molar-refractivity contribution is -0.127. The molecular formula is C28H32N2O5S. The molecule has 0 unspecified atom stereocenters. The molecule has 0 aromatic heterocycles. The third-order valence-electron chi connectivity index (χ3n) is 6.44. The van der Waals surface area contributed by atoms with E-state index in [0.717, 1.165) is 24.0 Å². The van der Waals surface area contributed by atoms with Gasteiger partial charge in [-0.25, -0.2) is 8.42 Å². The molecule has 1 amide bonds.